The molecule has 5 heteroatoms. The van der Waals surface area contributed by atoms with E-state index in [0.717, 1.165) is 0 Å². The highest BCUT2D eigenvalue weighted by Gasteiger charge is 1.89. The molecule has 5 nitrogen and oxygen atoms in total. The molecule has 14 heavy (non-hydrogen) atoms. The lowest BCUT2D eigenvalue weighted by Gasteiger charge is -2.03. The number of nitrogens with two attached hydrogens (primary N) is 1. The van der Waals surface area contributed by atoms with Crippen LogP contribution in [0.4, 0.5) is 0 Å². The van der Waals surface area contributed by atoms with Crippen LogP contribution in [0.15, 0.2) is 17.6 Å². The number of nitrogens with zero attached hydrogens (tertiary/aromatic N) is 1. The van der Waals surface area contributed by atoms with Crippen molar-refractivity contribution < 1.29 is 9.47 Å². The van der Waals surface area contributed by atoms with Crippen LogP contribution >= 0.6 is 0 Å². The number of ether oxygens (including phenoxy) is 2. The molecule has 0 aliphatic heterocycles. The largest absolute Gasteiger partial charge is 0.382 e. The Morgan fingerprint density at radius 2 is 2.29 bits per heavy atom. The predicted molar refractivity (Wildman–Crippen MR) is 57.4 cm³/mol. The van der Waals surface area contributed by atoms with E-state index in [1.54, 1.807) is 13.2 Å². The van der Waals surface area contributed by atoms with Crippen molar-refractivity contribution in [3.63, 3.8) is 0 Å². The molecule has 0 saturated heterocycles. The first kappa shape index (κ1) is 12.9. The molecule has 0 unspecified atom stereocenters. The third-order valence-electron chi connectivity index (χ3n) is 1.38. The lowest BCUT2D eigenvalue weighted by molar-refractivity contribution is 0.0748. The van der Waals surface area contributed by atoms with E-state index in [1.807, 2.05) is 0 Å². The van der Waals surface area contributed by atoms with Crippen LogP contribution in [0.1, 0.15) is 0 Å². The normalized spacial score (nSPS) is 11.4. The monoisotopic (exact) mass is 201 g/mol. The lowest BCUT2D eigenvalue weighted by atomic mass is 10.6. The highest BCUT2D eigenvalue weighted by molar-refractivity contribution is 5.77. The fourth-order valence-electron chi connectivity index (χ4n) is 0.708. The summed E-state index contributed by atoms with van der Waals surface area (Å²) < 4.78 is 10.0. The van der Waals surface area contributed by atoms with Crippen molar-refractivity contribution in [2.75, 3.05) is 40.0 Å². The zero-order chi connectivity index (χ0) is 10.6. The Hall–Kier alpha value is -1.07. The van der Waals surface area contributed by atoms with E-state index in [0.29, 0.717) is 38.9 Å². The standard InChI is InChI=1S/C9H19N3O2/c1-3-4-11-9(10)12-5-6-14-8-7-13-2/h3H,1,4-8H2,2H3,(H3,10,11,12). The summed E-state index contributed by atoms with van der Waals surface area (Å²) in [6, 6.07) is 0. The summed E-state index contributed by atoms with van der Waals surface area (Å²) in [5, 5.41) is 2.86. The maximum absolute atomic E-state index is 5.51. The Bertz CT molecular complexity index is 171. The molecule has 0 aromatic heterocycles. The number of methoxy groups -OCH3 is 1. The summed E-state index contributed by atoms with van der Waals surface area (Å²) in [6.45, 7) is 6.48. The first-order valence-corrected chi connectivity index (χ1v) is 4.52. The molecule has 0 bridgehead atoms. The average Bonchev–Trinajstić information content (AvgIpc) is 2.20. The van der Waals surface area contributed by atoms with Crippen molar-refractivity contribution in [2.45, 2.75) is 0 Å². The van der Waals surface area contributed by atoms with Crippen LogP contribution in [0.3, 0.4) is 0 Å². The van der Waals surface area contributed by atoms with Crippen LogP contribution in [-0.2, 0) is 9.47 Å². The summed E-state index contributed by atoms with van der Waals surface area (Å²) in [7, 11) is 1.64. The summed E-state index contributed by atoms with van der Waals surface area (Å²) in [5.74, 6) is 0.417. The van der Waals surface area contributed by atoms with Gasteiger partial charge in [-0.2, -0.15) is 0 Å². The van der Waals surface area contributed by atoms with Gasteiger partial charge < -0.3 is 20.5 Å². The molecule has 0 spiro atoms. The smallest absolute Gasteiger partial charge is 0.188 e. The van der Waals surface area contributed by atoms with Crippen molar-refractivity contribution in [3.05, 3.63) is 12.7 Å². The van der Waals surface area contributed by atoms with Crippen LogP contribution in [-0.4, -0.2) is 46.0 Å². The fraction of sp³-hybridized carbons (Fsp3) is 0.667. The summed E-state index contributed by atoms with van der Waals surface area (Å²) >= 11 is 0. The minimum atomic E-state index is 0.417. The molecular formula is C9H19N3O2. The number of rotatable bonds is 8. The molecule has 0 aliphatic rings. The topological polar surface area (TPSA) is 68.9 Å². The number of hydrogen-bond donors (Lipinski definition) is 2. The third kappa shape index (κ3) is 9.02. The van der Waals surface area contributed by atoms with Crippen LogP contribution in [0.25, 0.3) is 0 Å². The second-order valence-electron chi connectivity index (χ2n) is 2.54. The molecule has 0 amide bonds. The molecule has 0 saturated carbocycles. The van der Waals surface area contributed by atoms with E-state index in [2.05, 4.69) is 16.9 Å². The van der Waals surface area contributed by atoms with Crippen LogP contribution in [0.5, 0.6) is 0 Å². The van der Waals surface area contributed by atoms with Gasteiger partial charge in [0.05, 0.1) is 26.4 Å². The maximum Gasteiger partial charge on any atom is 0.188 e. The van der Waals surface area contributed by atoms with Crippen LogP contribution in [0, 0.1) is 0 Å². The molecule has 0 aliphatic carbocycles. The minimum Gasteiger partial charge on any atom is -0.382 e. The number of hydrogen-bond acceptors (Lipinski definition) is 3. The van der Waals surface area contributed by atoms with Gasteiger partial charge in [-0.15, -0.1) is 6.58 Å². The van der Waals surface area contributed by atoms with E-state index >= 15 is 0 Å². The zero-order valence-corrected chi connectivity index (χ0v) is 8.66. The molecule has 0 rings (SSSR count). The van der Waals surface area contributed by atoms with Crippen molar-refractivity contribution in [1.82, 2.24) is 5.32 Å². The van der Waals surface area contributed by atoms with Crippen LogP contribution in [0.2, 0.25) is 0 Å². The zero-order valence-electron chi connectivity index (χ0n) is 8.66. The highest BCUT2D eigenvalue weighted by Crippen LogP contribution is 1.77. The molecule has 0 atom stereocenters. The number of guanidine groups is 1. The van der Waals surface area contributed by atoms with E-state index < -0.39 is 0 Å². The Balaban J connectivity index is 3.27. The Morgan fingerprint density at radius 3 is 2.93 bits per heavy atom. The molecule has 0 fully saturated rings. The van der Waals surface area contributed by atoms with Crippen molar-refractivity contribution in [3.8, 4) is 0 Å². The van der Waals surface area contributed by atoms with Gasteiger partial charge in [-0.25, -0.2) is 0 Å². The predicted octanol–water partition coefficient (Wildman–Crippen LogP) is -0.260. The summed E-state index contributed by atoms with van der Waals surface area (Å²) in [4.78, 5) is 4.03. The SMILES string of the molecule is C=CCNC(N)=NCCOCCOC. The van der Waals surface area contributed by atoms with Gasteiger partial charge in [-0.1, -0.05) is 6.08 Å². The minimum absolute atomic E-state index is 0.417. The highest BCUT2D eigenvalue weighted by atomic mass is 16.5. The number of aliphatic imine (C=N–C) groups is 1. The van der Waals surface area contributed by atoms with E-state index in [4.69, 9.17) is 15.2 Å². The molecule has 3 N–H and O–H groups in total. The average molecular weight is 201 g/mol. The van der Waals surface area contributed by atoms with Crippen LogP contribution < -0.4 is 11.1 Å². The van der Waals surface area contributed by atoms with Gasteiger partial charge in [0.15, 0.2) is 5.96 Å². The number of nitrogens with one attached hydrogen (secondary N) is 1. The van der Waals surface area contributed by atoms with Gasteiger partial charge in [-0.05, 0) is 0 Å². The second-order valence-corrected chi connectivity index (χ2v) is 2.54. The fourth-order valence-corrected chi connectivity index (χ4v) is 0.708. The first-order valence-electron chi connectivity index (χ1n) is 4.52. The molecular weight excluding hydrogens is 182 g/mol. The van der Waals surface area contributed by atoms with Gasteiger partial charge in [-0.3, -0.25) is 4.99 Å². The lowest BCUT2D eigenvalue weighted by Crippen LogP contribution is -2.32. The quantitative estimate of drug-likeness (QED) is 0.246. The Kier molecular flexibility index (Phi) is 9.25. The molecule has 0 radical (unpaired) electrons. The summed E-state index contributed by atoms with van der Waals surface area (Å²) in [6.07, 6.45) is 1.72. The van der Waals surface area contributed by atoms with Gasteiger partial charge in [0.25, 0.3) is 0 Å². The molecule has 0 aromatic carbocycles. The molecule has 0 heterocycles. The molecule has 82 valence electrons. The third-order valence-corrected chi connectivity index (χ3v) is 1.38. The Labute approximate surface area is 85.0 Å². The van der Waals surface area contributed by atoms with E-state index in [1.165, 1.54) is 0 Å². The van der Waals surface area contributed by atoms with Gasteiger partial charge in [0, 0.05) is 13.7 Å². The molecule has 0 aromatic rings. The van der Waals surface area contributed by atoms with Crippen molar-refractivity contribution in [2.24, 2.45) is 10.7 Å². The van der Waals surface area contributed by atoms with Crippen molar-refractivity contribution in [1.29, 1.82) is 0 Å². The Morgan fingerprint density at radius 1 is 1.50 bits per heavy atom. The van der Waals surface area contributed by atoms with Gasteiger partial charge in [0.1, 0.15) is 0 Å². The maximum atomic E-state index is 5.51. The van der Waals surface area contributed by atoms with Gasteiger partial charge >= 0.3 is 0 Å². The van der Waals surface area contributed by atoms with Gasteiger partial charge in [0.2, 0.25) is 0 Å². The van der Waals surface area contributed by atoms with E-state index in [9.17, 15) is 0 Å². The summed E-state index contributed by atoms with van der Waals surface area (Å²) in [5.41, 5.74) is 5.51. The first-order chi connectivity index (χ1) is 6.81. The van der Waals surface area contributed by atoms with Crippen molar-refractivity contribution >= 4 is 5.96 Å². The van der Waals surface area contributed by atoms with E-state index in [-0.39, 0.29) is 0 Å². The second kappa shape index (κ2) is 10.0.